The Bertz CT molecular complexity index is 1210. The topological polar surface area (TPSA) is 76.4 Å². The van der Waals surface area contributed by atoms with Gasteiger partial charge in [0, 0.05) is 25.6 Å². The highest BCUT2D eigenvalue weighted by Crippen LogP contribution is 2.32. The molecule has 0 fully saturated rings. The van der Waals surface area contributed by atoms with Crippen LogP contribution in [0.25, 0.3) is 16.7 Å². The monoisotopic (exact) mass is 505 g/mol. The summed E-state index contributed by atoms with van der Waals surface area (Å²) in [4.78, 5) is 17.0. The molecule has 0 atom stereocenters. The molecule has 0 radical (unpaired) electrons. The van der Waals surface area contributed by atoms with Gasteiger partial charge in [-0.3, -0.25) is 4.79 Å². The molecule has 1 heterocycles. The number of ketones is 1. The molecule has 0 bridgehead atoms. The smallest absolute Gasteiger partial charge is 0.166 e. The predicted molar refractivity (Wildman–Crippen MR) is 154 cm³/mol. The van der Waals surface area contributed by atoms with Crippen LogP contribution in [0.3, 0.4) is 0 Å². The zero-order valence-electron chi connectivity index (χ0n) is 23.3. The molecular weight excluding hydrogens is 462 g/mol. The number of benzene rings is 2. The average molecular weight is 506 g/mol. The van der Waals surface area contributed by atoms with Gasteiger partial charge >= 0.3 is 0 Å². The summed E-state index contributed by atoms with van der Waals surface area (Å²) in [7, 11) is 1.85. The van der Waals surface area contributed by atoms with Gasteiger partial charge in [-0.2, -0.15) is 0 Å². The van der Waals surface area contributed by atoms with Crippen LogP contribution in [0, 0.1) is 12.8 Å². The number of nitrogens with one attached hydrogen (secondary N) is 1. The number of phenolic OH excluding ortho intramolecular Hbond substituents is 1. The number of carbonyl (C=O) groups is 1. The van der Waals surface area contributed by atoms with Gasteiger partial charge < -0.3 is 19.7 Å². The Kier molecular flexibility index (Phi) is 11.9. The summed E-state index contributed by atoms with van der Waals surface area (Å²) in [5.74, 6) is 1.68. The molecule has 37 heavy (non-hydrogen) atoms. The van der Waals surface area contributed by atoms with Crippen molar-refractivity contribution in [2.45, 2.75) is 66.8 Å². The van der Waals surface area contributed by atoms with Gasteiger partial charge in [0.2, 0.25) is 0 Å². The van der Waals surface area contributed by atoms with E-state index in [0.717, 1.165) is 48.4 Å². The second kappa shape index (κ2) is 14.9. The lowest BCUT2D eigenvalue weighted by atomic mass is 9.98. The molecule has 0 amide bonds. The highest BCUT2D eigenvalue weighted by atomic mass is 16.5. The maximum atomic E-state index is 12.3. The van der Waals surface area contributed by atoms with E-state index in [9.17, 15) is 9.90 Å². The molecule has 3 rings (SSSR count). The molecule has 6 heteroatoms. The second-order valence-corrected chi connectivity index (χ2v) is 9.44. The van der Waals surface area contributed by atoms with Gasteiger partial charge in [0.1, 0.15) is 11.5 Å². The summed E-state index contributed by atoms with van der Waals surface area (Å²) in [5.41, 5.74) is 3.80. The number of fused-ring (bicyclic) bond motifs is 1. The zero-order valence-corrected chi connectivity index (χ0v) is 23.3. The first-order chi connectivity index (χ1) is 17.7. The minimum atomic E-state index is -0.0429. The van der Waals surface area contributed by atoms with Crippen LogP contribution in [0.15, 0.2) is 55.1 Å². The fourth-order valence-electron chi connectivity index (χ4n) is 3.98. The molecule has 6 nitrogen and oxygen atoms in total. The molecule has 0 saturated carbocycles. The van der Waals surface area contributed by atoms with Crippen molar-refractivity contribution >= 4 is 22.5 Å². The third kappa shape index (κ3) is 8.24. The van der Waals surface area contributed by atoms with Crippen molar-refractivity contribution in [3.63, 3.8) is 0 Å². The molecule has 2 aromatic carbocycles. The number of ether oxygens (including phenoxy) is 1. The number of aromatic nitrogens is 2. The Labute approximate surface area is 222 Å². The third-order valence-electron chi connectivity index (χ3n) is 6.01. The largest absolute Gasteiger partial charge is 0.507 e. The molecule has 3 aromatic rings. The van der Waals surface area contributed by atoms with Crippen LogP contribution < -0.4 is 10.1 Å². The molecule has 200 valence electrons. The van der Waals surface area contributed by atoms with Crippen molar-refractivity contribution in [3.05, 3.63) is 72.1 Å². The fraction of sp³-hybridized carbons (Fsp3) is 0.419. The fourth-order valence-corrected chi connectivity index (χ4v) is 3.98. The number of nitrogens with zero attached hydrogens (tertiary/aromatic N) is 2. The van der Waals surface area contributed by atoms with Crippen LogP contribution in [0.1, 0.15) is 75.1 Å². The van der Waals surface area contributed by atoms with E-state index in [2.05, 4.69) is 41.6 Å². The molecule has 2 N–H and O–H groups in total. The maximum Gasteiger partial charge on any atom is 0.166 e. The van der Waals surface area contributed by atoms with Crippen LogP contribution in [0.2, 0.25) is 0 Å². The van der Waals surface area contributed by atoms with Crippen LogP contribution in [0.4, 0.5) is 0 Å². The van der Waals surface area contributed by atoms with E-state index >= 15 is 0 Å². The first-order valence-electron chi connectivity index (χ1n) is 13.2. The van der Waals surface area contributed by atoms with Crippen LogP contribution in [-0.2, 0) is 6.54 Å². The standard InChI is InChI=1S/C26H33N3O3.C5H10/c1-17(2)16-23(30)20-12-13-24(18(3)25(20)31)32-15-9-8-14-29-22-11-7-6-10-21(22)28-26(29)19(4)27-5;1-3-5-4-2/h6-7,10-13,17,27,31H,4,8-9,14-16H2,1-3,5H3;3,5H,4H2,1-2H3/b;5-3-. The van der Waals surface area contributed by atoms with Crippen molar-refractivity contribution in [3.8, 4) is 11.5 Å². The molecular formula is C31H43N3O3. The molecule has 1 aromatic heterocycles. The Morgan fingerprint density at radius 3 is 2.57 bits per heavy atom. The number of Topliss-reactive ketones (excluding diaryl/α,β-unsaturated/α-hetero) is 1. The van der Waals surface area contributed by atoms with E-state index in [1.54, 1.807) is 19.1 Å². The van der Waals surface area contributed by atoms with E-state index in [4.69, 9.17) is 9.72 Å². The number of carbonyl (C=O) groups excluding carboxylic acids is 1. The maximum absolute atomic E-state index is 12.3. The van der Waals surface area contributed by atoms with E-state index < -0.39 is 0 Å². The van der Waals surface area contributed by atoms with Gasteiger partial charge in [-0.05, 0) is 63.3 Å². The zero-order chi connectivity index (χ0) is 27.4. The number of hydrogen-bond acceptors (Lipinski definition) is 5. The quantitative estimate of drug-likeness (QED) is 0.153. The summed E-state index contributed by atoms with van der Waals surface area (Å²) < 4.78 is 8.09. The Morgan fingerprint density at radius 2 is 1.95 bits per heavy atom. The number of imidazole rings is 1. The minimum Gasteiger partial charge on any atom is -0.507 e. The van der Waals surface area contributed by atoms with Gasteiger partial charge in [0.25, 0.3) is 0 Å². The summed E-state index contributed by atoms with van der Waals surface area (Å²) in [6.45, 7) is 15.3. The van der Waals surface area contributed by atoms with Crippen LogP contribution in [0.5, 0.6) is 11.5 Å². The SMILES string of the molecule is C/C=C\CC.C=C(NC)c1nc2ccccc2n1CCCCOc1ccc(C(=O)CC(C)C)c(O)c1C. The molecule has 0 saturated heterocycles. The van der Waals surface area contributed by atoms with Crippen molar-refractivity contribution in [1.82, 2.24) is 14.9 Å². The van der Waals surface area contributed by atoms with Gasteiger partial charge in [0.15, 0.2) is 11.6 Å². The van der Waals surface area contributed by atoms with Gasteiger partial charge in [-0.1, -0.05) is 51.6 Å². The average Bonchev–Trinajstić information content (AvgIpc) is 3.25. The van der Waals surface area contributed by atoms with Crippen molar-refractivity contribution in [2.24, 2.45) is 5.92 Å². The normalized spacial score (nSPS) is 11.0. The molecule has 0 aliphatic heterocycles. The lowest BCUT2D eigenvalue weighted by molar-refractivity contribution is 0.0965. The lowest BCUT2D eigenvalue weighted by Crippen LogP contribution is -2.11. The number of aromatic hydroxyl groups is 1. The van der Waals surface area contributed by atoms with E-state index in [0.29, 0.717) is 29.9 Å². The minimum absolute atomic E-state index is 0.0215. The molecule has 0 aliphatic rings. The Hall–Kier alpha value is -3.54. The molecule has 0 unspecified atom stereocenters. The first kappa shape index (κ1) is 29.7. The van der Waals surface area contributed by atoms with Gasteiger partial charge in [-0.25, -0.2) is 4.98 Å². The highest BCUT2D eigenvalue weighted by Gasteiger charge is 2.17. The Morgan fingerprint density at radius 1 is 1.22 bits per heavy atom. The van der Waals surface area contributed by atoms with E-state index in [-0.39, 0.29) is 17.5 Å². The number of phenols is 1. The number of unbranched alkanes of at least 4 members (excludes halogenated alkanes) is 1. The van der Waals surface area contributed by atoms with Crippen molar-refractivity contribution in [1.29, 1.82) is 0 Å². The van der Waals surface area contributed by atoms with Crippen molar-refractivity contribution in [2.75, 3.05) is 13.7 Å². The number of rotatable bonds is 12. The van der Waals surface area contributed by atoms with E-state index in [1.165, 1.54) is 0 Å². The lowest BCUT2D eigenvalue weighted by Gasteiger charge is -2.14. The third-order valence-corrected chi connectivity index (χ3v) is 6.01. The Balaban J connectivity index is 0.000000877. The summed E-state index contributed by atoms with van der Waals surface area (Å²) in [6.07, 6.45) is 7.50. The number of aryl methyl sites for hydroxylation is 1. The molecule has 0 spiro atoms. The van der Waals surface area contributed by atoms with E-state index in [1.807, 2.05) is 46.0 Å². The first-order valence-corrected chi connectivity index (χ1v) is 13.2. The highest BCUT2D eigenvalue weighted by molar-refractivity contribution is 5.99. The summed E-state index contributed by atoms with van der Waals surface area (Å²) in [6, 6.07) is 11.5. The van der Waals surface area contributed by atoms with Gasteiger partial charge in [-0.15, -0.1) is 0 Å². The number of para-hydroxylation sites is 2. The number of allylic oxidation sites excluding steroid dienone is 2. The number of hydrogen-bond donors (Lipinski definition) is 2. The van der Waals surface area contributed by atoms with Crippen LogP contribution in [-0.4, -0.2) is 34.1 Å². The van der Waals surface area contributed by atoms with Crippen LogP contribution >= 0.6 is 0 Å². The predicted octanol–water partition coefficient (Wildman–Crippen LogP) is 7.30. The molecule has 0 aliphatic carbocycles. The second-order valence-electron chi connectivity index (χ2n) is 9.44. The van der Waals surface area contributed by atoms with Gasteiger partial charge in [0.05, 0.1) is 28.9 Å². The summed E-state index contributed by atoms with van der Waals surface area (Å²) >= 11 is 0. The summed E-state index contributed by atoms with van der Waals surface area (Å²) in [5, 5.41) is 13.6. The van der Waals surface area contributed by atoms with Crippen molar-refractivity contribution < 1.29 is 14.6 Å².